The second kappa shape index (κ2) is 5.70. The minimum absolute atomic E-state index is 0.0783. The summed E-state index contributed by atoms with van der Waals surface area (Å²) in [6.45, 7) is 4.00. The van der Waals surface area contributed by atoms with E-state index in [1.807, 2.05) is 26.0 Å². The molecule has 8 heteroatoms. The number of rotatable bonds is 2. The fraction of sp³-hybridized carbons (Fsp3) is 0.333. The van der Waals surface area contributed by atoms with Gasteiger partial charge in [0.05, 0.1) is 18.2 Å². The van der Waals surface area contributed by atoms with Crippen LogP contribution >= 0.6 is 0 Å². The van der Waals surface area contributed by atoms with Gasteiger partial charge in [0, 0.05) is 11.3 Å². The third-order valence-corrected chi connectivity index (χ3v) is 4.71. The highest BCUT2D eigenvalue weighted by Crippen LogP contribution is 2.39. The van der Waals surface area contributed by atoms with Crippen LogP contribution < -0.4 is 10.7 Å². The van der Waals surface area contributed by atoms with Crippen LogP contribution in [0.1, 0.15) is 25.0 Å². The molecule has 3 heterocycles. The molecule has 5 nitrogen and oxygen atoms in total. The van der Waals surface area contributed by atoms with Crippen LogP contribution in [-0.2, 0) is 11.2 Å². The van der Waals surface area contributed by atoms with Crippen LogP contribution in [-0.4, -0.2) is 29.5 Å². The fourth-order valence-corrected chi connectivity index (χ4v) is 3.46. The smallest absolute Gasteiger partial charge is 0.326 e. The van der Waals surface area contributed by atoms with E-state index in [2.05, 4.69) is 15.7 Å². The Morgan fingerprint density at radius 2 is 2.08 bits per heavy atom. The molecule has 0 saturated heterocycles. The number of hydrogen-bond donors (Lipinski definition) is 2. The molecule has 136 valence electrons. The van der Waals surface area contributed by atoms with Crippen LogP contribution in [0, 0.1) is 5.92 Å². The van der Waals surface area contributed by atoms with Gasteiger partial charge in [0.25, 0.3) is 0 Å². The van der Waals surface area contributed by atoms with E-state index in [9.17, 15) is 18.0 Å². The molecule has 26 heavy (non-hydrogen) atoms. The summed E-state index contributed by atoms with van der Waals surface area (Å²) < 4.78 is 39.4. The Balaban J connectivity index is 1.85. The number of benzene rings is 1. The molecule has 0 aliphatic carbocycles. The molecule has 1 aromatic rings. The van der Waals surface area contributed by atoms with Gasteiger partial charge in [-0.1, -0.05) is 19.9 Å². The number of anilines is 1. The predicted octanol–water partition coefficient (Wildman–Crippen LogP) is 3.23. The molecule has 0 aromatic heterocycles. The molecule has 0 bridgehead atoms. The second-order valence-electron chi connectivity index (χ2n) is 6.89. The van der Waals surface area contributed by atoms with Gasteiger partial charge in [0.15, 0.2) is 0 Å². The van der Waals surface area contributed by atoms with Crippen molar-refractivity contribution in [2.75, 3.05) is 5.32 Å². The molecule has 1 aromatic carbocycles. The number of nitrogens with zero attached hydrogens (tertiary/aromatic N) is 2. The number of hydrazine groups is 1. The molecule has 0 spiro atoms. The number of nitrogens with one attached hydrogen (secondary N) is 2. The van der Waals surface area contributed by atoms with Gasteiger partial charge in [-0.2, -0.15) is 13.2 Å². The van der Waals surface area contributed by atoms with E-state index < -0.39 is 11.9 Å². The Hall–Kier alpha value is -2.61. The lowest BCUT2D eigenvalue weighted by Gasteiger charge is -2.22. The normalized spacial score (nSPS) is 21.9. The maximum atomic E-state index is 13.1. The van der Waals surface area contributed by atoms with Crippen molar-refractivity contribution in [1.82, 2.24) is 10.4 Å². The number of carbonyl (C=O) groups excluding carboxylic acids is 1. The number of hydrogen-bond acceptors (Lipinski definition) is 4. The van der Waals surface area contributed by atoms with E-state index in [1.54, 1.807) is 6.07 Å². The molecule has 3 aliphatic rings. The number of amides is 1. The summed E-state index contributed by atoms with van der Waals surface area (Å²) in [6, 6.07) is 5.35. The van der Waals surface area contributed by atoms with E-state index in [1.165, 1.54) is 11.3 Å². The van der Waals surface area contributed by atoms with E-state index in [0.29, 0.717) is 5.70 Å². The SMILES string of the molecule is CC(C)C1NN2C=NC(C(F)(F)F)=CC2=C1c1ccc2c(c1)CC(=O)N2. The highest BCUT2D eigenvalue weighted by atomic mass is 19.4. The van der Waals surface area contributed by atoms with Gasteiger partial charge in [-0.05, 0) is 35.3 Å². The molecule has 4 rings (SSSR count). The van der Waals surface area contributed by atoms with Crippen molar-refractivity contribution in [2.45, 2.75) is 32.5 Å². The van der Waals surface area contributed by atoms with Crippen LogP contribution in [0.3, 0.4) is 0 Å². The summed E-state index contributed by atoms with van der Waals surface area (Å²) in [6.07, 6.45) is -1.99. The summed E-state index contributed by atoms with van der Waals surface area (Å²) in [5.74, 6) is 0.0673. The van der Waals surface area contributed by atoms with Gasteiger partial charge in [-0.25, -0.2) is 10.4 Å². The number of aliphatic imine (C=N–C) groups is 1. The molecule has 0 fully saturated rings. The van der Waals surface area contributed by atoms with Crippen molar-refractivity contribution in [3.8, 4) is 0 Å². The summed E-state index contributed by atoms with van der Waals surface area (Å²) >= 11 is 0. The first kappa shape index (κ1) is 16.8. The third kappa shape index (κ3) is 2.70. The molecular weight excluding hydrogens is 345 g/mol. The molecule has 0 radical (unpaired) electrons. The summed E-state index contributed by atoms with van der Waals surface area (Å²) in [5.41, 5.74) is 5.90. The largest absolute Gasteiger partial charge is 0.433 e. The van der Waals surface area contributed by atoms with Gasteiger partial charge in [-0.3, -0.25) is 9.80 Å². The Bertz CT molecular complexity index is 883. The average Bonchev–Trinajstić information content (AvgIpc) is 3.11. The van der Waals surface area contributed by atoms with Crippen LogP contribution in [0.15, 0.2) is 40.7 Å². The Morgan fingerprint density at radius 3 is 2.77 bits per heavy atom. The summed E-state index contributed by atoms with van der Waals surface area (Å²) in [5, 5.41) is 4.30. The van der Waals surface area contributed by atoms with Gasteiger partial charge in [0.1, 0.15) is 12.0 Å². The van der Waals surface area contributed by atoms with Crippen LogP contribution in [0.25, 0.3) is 5.57 Å². The molecule has 3 aliphatic heterocycles. The minimum Gasteiger partial charge on any atom is -0.326 e. The molecule has 1 unspecified atom stereocenters. The van der Waals surface area contributed by atoms with Crippen molar-refractivity contribution in [2.24, 2.45) is 10.9 Å². The van der Waals surface area contributed by atoms with Crippen molar-refractivity contribution in [1.29, 1.82) is 0 Å². The van der Waals surface area contributed by atoms with Gasteiger partial charge in [0.2, 0.25) is 5.91 Å². The third-order valence-electron chi connectivity index (χ3n) is 4.71. The van der Waals surface area contributed by atoms with Crippen LogP contribution in [0.4, 0.5) is 18.9 Å². The Labute approximate surface area is 148 Å². The zero-order chi connectivity index (χ0) is 18.6. The Kier molecular flexibility index (Phi) is 3.69. The number of allylic oxidation sites excluding steroid dienone is 2. The molecule has 1 amide bonds. The topological polar surface area (TPSA) is 56.7 Å². The first-order chi connectivity index (χ1) is 12.2. The van der Waals surface area contributed by atoms with E-state index >= 15 is 0 Å². The standard InChI is InChI=1S/C18H17F3N4O/c1-9(2)17-16(10-3-4-12-11(5-10)6-15(26)23-12)13-7-14(18(19,20)21)22-8-25(13)24-17/h3-5,7-9,17,24H,6H2,1-2H3,(H,23,26). The number of halogens is 3. The van der Waals surface area contributed by atoms with Gasteiger partial charge in [-0.15, -0.1) is 0 Å². The maximum absolute atomic E-state index is 13.1. The number of carbonyl (C=O) groups is 1. The monoisotopic (exact) mass is 362 g/mol. The van der Waals surface area contributed by atoms with Crippen molar-refractivity contribution in [3.05, 3.63) is 46.8 Å². The van der Waals surface area contributed by atoms with Crippen molar-refractivity contribution >= 4 is 23.5 Å². The highest BCUT2D eigenvalue weighted by molar-refractivity contribution is 5.99. The lowest BCUT2D eigenvalue weighted by Crippen LogP contribution is -2.40. The maximum Gasteiger partial charge on any atom is 0.433 e. The van der Waals surface area contributed by atoms with Crippen molar-refractivity contribution in [3.63, 3.8) is 0 Å². The lowest BCUT2D eigenvalue weighted by atomic mass is 9.89. The van der Waals surface area contributed by atoms with Gasteiger partial charge >= 0.3 is 6.18 Å². The van der Waals surface area contributed by atoms with E-state index in [-0.39, 0.29) is 24.3 Å². The van der Waals surface area contributed by atoms with Crippen molar-refractivity contribution < 1.29 is 18.0 Å². The first-order valence-electron chi connectivity index (χ1n) is 8.30. The van der Waals surface area contributed by atoms with Gasteiger partial charge < -0.3 is 5.32 Å². The molecular formula is C18H17F3N4O. The number of fused-ring (bicyclic) bond motifs is 2. The minimum atomic E-state index is -4.51. The second-order valence-corrected chi connectivity index (χ2v) is 6.89. The molecule has 1 atom stereocenters. The summed E-state index contributed by atoms with van der Waals surface area (Å²) in [7, 11) is 0. The zero-order valence-electron chi connectivity index (χ0n) is 14.2. The van der Waals surface area contributed by atoms with Crippen LogP contribution in [0.2, 0.25) is 0 Å². The molecule has 2 N–H and O–H groups in total. The average molecular weight is 362 g/mol. The number of alkyl halides is 3. The van der Waals surface area contributed by atoms with Crippen LogP contribution in [0.5, 0.6) is 0 Å². The predicted molar refractivity (Wildman–Crippen MR) is 91.9 cm³/mol. The highest BCUT2D eigenvalue weighted by Gasteiger charge is 2.40. The van der Waals surface area contributed by atoms with E-state index in [0.717, 1.165) is 28.5 Å². The summed E-state index contributed by atoms with van der Waals surface area (Å²) in [4.78, 5) is 15.1. The van der Waals surface area contributed by atoms with E-state index in [4.69, 9.17) is 0 Å². The molecule has 0 saturated carbocycles. The zero-order valence-corrected chi connectivity index (χ0v) is 14.2. The quantitative estimate of drug-likeness (QED) is 0.849. The Morgan fingerprint density at radius 1 is 1.31 bits per heavy atom. The lowest BCUT2D eigenvalue weighted by molar-refractivity contribution is -0.115. The fourth-order valence-electron chi connectivity index (χ4n) is 3.46. The first-order valence-corrected chi connectivity index (χ1v) is 8.30.